The van der Waals surface area contributed by atoms with E-state index in [1.165, 1.54) is 60.5 Å². The summed E-state index contributed by atoms with van der Waals surface area (Å²) < 4.78 is 8.44. The van der Waals surface area contributed by atoms with E-state index in [1.807, 2.05) is 75.2 Å². The second-order valence-corrected chi connectivity index (χ2v) is 29.4. The smallest absolute Gasteiger partial charge is 0.131 e. The van der Waals surface area contributed by atoms with Crippen LogP contribution >= 0.6 is 0 Å². The van der Waals surface area contributed by atoms with Crippen LogP contribution < -0.4 is 0 Å². The lowest BCUT2D eigenvalue weighted by atomic mass is 9.91. The molecule has 3 atom stereocenters. The Labute approximate surface area is 591 Å². The van der Waals surface area contributed by atoms with E-state index in [1.54, 1.807) is 18.6 Å². The summed E-state index contributed by atoms with van der Waals surface area (Å²) in [7, 11) is 12.2. The van der Waals surface area contributed by atoms with Gasteiger partial charge >= 0.3 is 0 Å². The van der Waals surface area contributed by atoms with Crippen LogP contribution in [0.2, 0.25) is 0 Å². The highest BCUT2D eigenvalue weighted by atomic mass is 16.3. The number of hydrogen-bond acceptors (Lipinski definition) is 10. The second kappa shape index (κ2) is 53.2. The number of likely N-dealkylation sites (N-methyl/N-ethyl adjacent to an activating group) is 1. The molecule has 0 aromatic carbocycles. The average Bonchev–Trinajstić information content (AvgIpc) is 1.90. The number of aliphatic hydroxyl groups excluding tert-OH is 2. The van der Waals surface area contributed by atoms with Crippen molar-refractivity contribution >= 4 is 43.1 Å². The Kier molecular flexibility index (Phi) is 48.4. The maximum absolute atomic E-state index is 10.2. The first kappa shape index (κ1) is 88.2. The molecule has 5 aromatic heterocycles. The topological polar surface area (TPSA) is 167 Å². The lowest BCUT2D eigenvalue weighted by molar-refractivity contribution is 0.0573. The molecular weight excluding hydrogens is 1200 g/mol. The predicted molar refractivity (Wildman–Crippen MR) is 422 cm³/mol. The van der Waals surface area contributed by atoms with E-state index in [-0.39, 0.29) is 18.1 Å². The Morgan fingerprint density at radius 1 is 0.536 bits per heavy atom. The Morgan fingerprint density at radius 2 is 1.07 bits per heavy atom. The molecule has 0 saturated carbocycles. The number of aliphatic imine (C=N–C) groups is 2. The summed E-state index contributed by atoms with van der Waals surface area (Å²) in [6, 6.07) is 8.67. The zero-order chi connectivity index (χ0) is 72.5. The van der Waals surface area contributed by atoms with Crippen LogP contribution in [0, 0.1) is 53.3 Å². The zero-order valence-electron chi connectivity index (χ0n) is 64.8. The van der Waals surface area contributed by atoms with Crippen molar-refractivity contribution in [1.29, 1.82) is 0 Å². The van der Waals surface area contributed by atoms with Crippen LogP contribution in [0.4, 0.5) is 0 Å². The minimum absolute atomic E-state index is 0.0313. The van der Waals surface area contributed by atoms with Crippen LogP contribution in [-0.2, 0) is 41.0 Å². The van der Waals surface area contributed by atoms with Crippen LogP contribution in [0.3, 0.4) is 0 Å². The lowest BCUT2D eigenvalue weighted by Gasteiger charge is -2.31. The highest BCUT2D eigenvalue weighted by molar-refractivity contribution is 5.87. The molecule has 3 N–H and O–H groups in total. The molecule has 8 rings (SSSR count). The van der Waals surface area contributed by atoms with Crippen molar-refractivity contribution in [2.45, 2.75) is 213 Å². The molecule has 0 bridgehead atoms. The Morgan fingerprint density at radius 3 is 1.53 bits per heavy atom. The molecule has 5 aromatic rings. The minimum Gasteiger partial charge on any atom is -0.393 e. The van der Waals surface area contributed by atoms with E-state index >= 15 is 0 Å². The van der Waals surface area contributed by atoms with Gasteiger partial charge in [-0.25, -0.2) is 15.0 Å². The number of allylic oxidation sites excluding steroid dienone is 6. The largest absolute Gasteiger partial charge is 0.393 e. The third-order valence-electron chi connectivity index (χ3n) is 15.6. The van der Waals surface area contributed by atoms with Crippen LogP contribution in [0.15, 0.2) is 148 Å². The molecule has 0 spiro atoms. The summed E-state index contributed by atoms with van der Waals surface area (Å²) in [5, 5.41) is 27.3. The van der Waals surface area contributed by atoms with Crippen LogP contribution in [-0.4, -0.2) is 124 Å². The molecule has 0 amide bonds. The molecule has 1 unspecified atom stereocenters. The zero-order valence-corrected chi connectivity index (χ0v) is 64.8. The molecule has 0 aliphatic carbocycles. The van der Waals surface area contributed by atoms with Crippen molar-refractivity contribution in [3.8, 4) is 0 Å². The van der Waals surface area contributed by atoms with E-state index in [0.717, 1.165) is 112 Å². The van der Waals surface area contributed by atoms with Crippen molar-refractivity contribution in [2.75, 3.05) is 27.2 Å². The molecule has 3 aliphatic rings. The summed E-state index contributed by atoms with van der Waals surface area (Å²) in [6.45, 7) is 37.1. The van der Waals surface area contributed by atoms with Gasteiger partial charge in [-0.05, 0) is 179 Å². The number of nitrogens with one attached hydrogen (secondary N) is 1. The van der Waals surface area contributed by atoms with E-state index in [0.29, 0.717) is 11.8 Å². The van der Waals surface area contributed by atoms with E-state index in [4.69, 9.17) is 0 Å². The van der Waals surface area contributed by atoms with Gasteiger partial charge in [-0.1, -0.05) is 166 Å². The van der Waals surface area contributed by atoms with Crippen molar-refractivity contribution in [3.63, 3.8) is 0 Å². The summed E-state index contributed by atoms with van der Waals surface area (Å²) >= 11 is 0. The first-order chi connectivity index (χ1) is 46.1. The lowest BCUT2D eigenvalue weighted by Crippen LogP contribution is -2.44. The maximum atomic E-state index is 10.2. The average molecular weight is 1340 g/mol. The first-order valence-corrected chi connectivity index (χ1v) is 36.4. The van der Waals surface area contributed by atoms with Crippen molar-refractivity contribution in [2.24, 2.45) is 102 Å². The molecular formula is C82H137N13O2. The quantitative estimate of drug-likeness (QED) is 0.0431. The maximum Gasteiger partial charge on any atom is 0.131 e. The number of rotatable bonds is 29. The SMILES string of the molecule is CC(C)C/C=C/C1=CCN=C1.CC(C)C/C=C/c1cccn1C.CC(C)C/C=C/c1ncc[nH]1.CC(C)C/C=C/c1nccn1C.CC(C)CC(O)CC1=CCN=C1.CC(C)CCCc1cccn1C.CC(C)CCCc1nccn1C.CC(C)C[C@@H]([C@H](O)C1C=NN=C1)N(C)C. The summed E-state index contributed by atoms with van der Waals surface area (Å²) in [5.41, 5.74) is 5.17. The van der Waals surface area contributed by atoms with E-state index in [2.05, 4.69) is 282 Å². The minimum atomic E-state index is -0.419. The van der Waals surface area contributed by atoms with Gasteiger partial charge in [0, 0.05) is 126 Å². The molecule has 8 heterocycles. The standard InChI is InChI=1S/C11H21N3O.C11H19N.C11H17N.C10H18N2.C10H16N2.C10H17NO.C10H15N.C9H14N2/c1-8(2)5-10(14(3)4)11(15)9-6-12-13-7-9;2*1-10(2)6-4-7-11-8-5-9-12(11)3;2*1-9(2)5-4-6-10-11-7-8-12(10)3;1-8(2)5-10(12)6-9-3-4-11-7-9;1-9(2)4-3-5-10-6-7-11-8-10;1-8(2)4-3-5-9-10-6-7-11-9/h6-11,15H,5H2,1-4H3;5,8-10H,4,6-7H2,1-3H3;4-5,7-10H,6H2,1-3H3;7-9H,4-6H2,1-3H3;4,6-9H,5H2,1-3H3;3,7-8,10,12H,4-6H2,1-2H3;3,5-6,8-9H,4,7H2,1-2H3;3,5-8H,4H2,1-2H3,(H,10,11)/b;;7-4+;;6-4+;;2*5-3+/t10-,11+;;;;;;;/m0......./s1. The molecule has 15 nitrogen and oxygen atoms in total. The van der Waals surface area contributed by atoms with Crippen molar-refractivity contribution in [3.05, 3.63) is 156 Å². The molecule has 15 heteroatoms. The van der Waals surface area contributed by atoms with Gasteiger partial charge in [-0.3, -0.25) is 9.98 Å². The third-order valence-corrected chi connectivity index (χ3v) is 15.6. The van der Waals surface area contributed by atoms with Gasteiger partial charge in [0.2, 0.25) is 0 Å². The molecule has 3 aliphatic heterocycles. The van der Waals surface area contributed by atoms with Gasteiger partial charge in [-0.15, -0.1) is 0 Å². The molecule has 97 heavy (non-hydrogen) atoms. The van der Waals surface area contributed by atoms with Gasteiger partial charge in [0.1, 0.15) is 17.5 Å². The Balaban J connectivity index is 0.000000555. The fraction of sp³-hybridized carbons (Fsp3) is 0.598. The summed E-state index contributed by atoms with van der Waals surface area (Å²) in [6.07, 6.45) is 58.1. The number of aryl methyl sites for hydroxylation is 6. The normalized spacial score (nSPS) is 14.3. The monoisotopic (exact) mass is 1340 g/mol. The fourth-order valence-electron chi connectivity index (χ4n) is 9.89. The summed E-state index contributed by atoms with van der Waals surface area (Å²) in [4.78, 5) is 25.8. The Hall–Kier alpha value is -6.81. The number of aliphatic hydroxyl groups is 2. The van der Waals surface area contributed by atoms with Crippen molar-refractivity contribution < 1.29 is 10.2 Å². The fourth-order valence-corrected chi connectivity index (χ4v) is 9.89. The number of imidazole rings is 3. The number of H-pyrrole nitrogens is 1. The van der Waals surface area contributed by atoms with Crippen LogP contribution in [0.5, 0.6) is 0 Å². The summed E-state index contributed by atoms with van der Waals surface area (Å²) in [5.74, 6) is 8.87. The van der Waals surface area contributed by atoms with Crippen molar-refractivity contribution in [1.82, 2.24) is 43.1 Å². The highest BCUT2D eigenvalue weighted by Gasteiger charge is 2.29. The predicted octanol–water partition coefficient (Wildman–Crippen LogP) is 18.8. The first-order valence-electron chi connectivity index (χ1n) is 36.4. The number of hydrogen-bond donors (Lipinski definition) is 3. The molecule has 0 fully saturated rings. The van der Waals surface area contributed by atoms with Gasteiger partial charge in [-0.2, -0.15) is 10.2 Å². The van der Waals surface area contributed by atoms with Gasteiger partial charge in [0.15, 0.2) is 0 Å². The van der Waals surface area contributed by atoms with Gasteiger partial charge < -0.3 is 38.4 Å². The van der Waals surface area contributed by atoms with E-state index < -0.39 is 6.10 Å². The molecule has 0 saturated heterocycles. The second-order valence-electron chi connectivity index (χ2n) is 29.4. The molecule has 542 valence electrons. The number of nitrogens with zero attached hydrogens (tertiary/aromatic N) is 12. The van der Waals surface area contributed by atoms with Crippen LogP contribution in [0.25, 0.3) is 18.2 Å². The Bertz CT molecular complexity index is 2910. The highest BCUT2D eigenvalue weighted by Crippen LogP contribution is 2.19. The number of aromatic amines is 1. The van der Waals surface area contributed by atoms with Gasteiger partial charge in [0.05, 0.1) is 31.2 Å². The third kappa shape index (κ3) is 46.2. The van der Waals surface area contributed by atoms with E-state index in [9.17, 15) is 10.2 Å². The van der Waals surface area contributed by atoms with Crippen LogP contribution in [0.1, 0.15) is 210 Å². The number of aromatic nitrogens is 8. The molecule has 0 radical (unpaired) electrons. The van der Waals surface area contributed by atoms with Gasteiger partial charge in [0.25, 0.3) is 0 Å².